The van der Waals surface area contributed by atoms with Crippen LogP contribution in [0.5, 0.6) is 5.75 Å². The van der Waals surface area contributed by atoms with Crippen LogP contribution in [0, 0.1) is 0 Å². The summed E-state index contributed by atoms with van der Waals surface area (Å²) in [5.41, 5.74) is 11.8. The molecular weight excluding hydrogens is 216 g/mol. The Balaban J connectivity index is 2.74. The van der Waals surface area contributed by atoms with Crippen LogP contribution in [-0.2, 0) is 4.79 Å². The van der Waals surface area contributed by atoms with E-state index in [1.54, 1.807) is 0 Å². The van der Waals surface area contributed by atoms with Gasteiger partial charge in [-0.15, -0.1) is 0 Å². The molecule has 0 fully saturated rings. The Hall–Kier alpha value is -1.55. The van der Waals surface area contributed by atoms with Crippen LogP contribution in [0.2, 0.25) is 0 Å². The fraction of sp³-hybridized carbons (Fsp3) is 0.462. The maximum atomic E-state index is 10.9. The van der Waals surface area contributed by atoms with Crippen molar-refractivity contribution in [2.75, 3.05) is 6.54 Å². The van der Waals surface area contributed by atoms with Gasteiger partial charge >= 0.3 is 0 Å². The Labute approximate surface area is 102 Å². The second kappa shape index (κ2) is 6.25. The van der Waals surface area contributed by atoms with E-state index in [0.717, 1.165) is 11.3 Å². The summed E-state index contributed by atoms with van der Waals surface area (Å²) < 4.78 is 5.54. The quantitative estimate of drug-likeness (QED) is 0.783. The van der Waals surface area contributed by atoms with Crippen molar-refractivity contribution >= 4 is 5.91 Å². The Morgan fingerprint density at radius 3 is 2.29 bits per heavy atom. The van der Waals surface area contributed by atoms with E-state index in [2.05, 4.69) is 0 Å². The first-order chi connectivity index (χ1) is 8.02. The van der Waals surface area contributed by atoms with Crippen LogP contribution in [0.25, 0.3) is 0 Å². The molecule has 1 aromatic carbocycles. The highest BCUT2D eigenvalue weighted by Gasteiger charge is 2.12. The molecule has 0 bridgehead atoms. The minimum atomic E-state index is -0.331. The number of carbonyl (C=O) groups is 1. The maximum Gasteiger partial charge on any atom is 0.218 e. The largest absolute Gasteiger partial charge is 0.491 e. The molecule has 0 spiro atoms. The smallest absolute Gasteiger partial charge is 0.218 e. The summed E-state index contributed by atoms with van der Waals surface area (Å²) in [5.74, 6) is 0.474. The predicted octanol–water partition coefficient (Wildman–Crippen LogP) is 1.39. The molecule has 4 nitrogen and oxygen atoms in total. The van der Waals surface area contributed by atoms with Gasteiger partial charge in [-0.2, -0.15) is 0 Å². The number of ether oxygens (including phenoxy) is 1. The molecule has 0 aliphatic heterocycles. The highest BCUT2D eigenvalue weighted by Crippen LogP contribution is 2.21. The van der Waals surface area contributed by atoms with Crippen molar-refractivity contribution in [3.05, 3.63) is 29.8 Å². The van der Waals surface area contributed by atoms with Crippen molar-refractivity contribution < 1.29 is 9.53 Å². The van der Waals surface area contributed by atoms with Gasteiger partial charge < -0.3 is 16.2 Å². The van der Waals surface area contributed by atoms with Gasteiger partial charge in [0, 0.05) is 12.3 Å². The summed E-state index contributed by atoms with van der Waals surface area (Å²) >= 11 is 0. The van der Waals surface area contributed by atoms with Crippen molar-refractivity contribution in [2.24, 2.45) is 11.5 Å². The van der Waals surface area contributed by atoms with Crippen LogP contribution >= 0.6 is 0 Å². The molecule has 0 aliphatic carbocycles. The van der Waals surface area contributed by atoms with Crippen LogP contribution in [0.4, 0.5) is 0 Å². The molecule has 1 atom stereocenters. The molecule has 1 aromatic rings. The molecule has 17 heavy (non-hydrogen) atoms. The first kappa shape index (κ1) is 13.5. The number of primary amides is 1. The van der Waals surface area contributed by atoms with Crippen LogP contribution in [0.15, 0.2) is 24.3 Å². The number of hydrogen-bond acceptors (Lipinski definition) is 3. The van der Waals surface area contributed by atoms with Crippen molar-refractivity contribution in [3.63, 3.8) is 0 Å². The highest BCUT2D eigenvalue weighted by molar-refractivity contribution is 5.74. The third-order valence-corrected chi connectivity index (χ3v) is 2.46. The zero-order valence-electron chi connectivity index (χ0n) is 10.3. The van der Waals surface area contributed by atoms with E-state index in [0.29, 0.717) is 6.54 Å². The molecule has 0 aromatic heterocycles. The summed E-state index contributed by atoms with van der Waals surface area (Å²) in [6.45, 7) is 4.36. The first-order valence-corrected chi connectivity index (χ1v) is 5.78. The van der Waals surface area contributed by atoms with Crippen molar-refractivity contribution in [1.82, 2.24) is 0 Å². The molecule has 1 amide bonds. The van der Waals surface area contributed by atoms with E-state index < -0.39 is 0 Å². The fourth-order valence-electron chi connectivity index (χ4n) is 1.67. The first-order valence-electron chi connectivity index (χ1n) is 5.78. The maximum absolute atomic E-state index is 10.9. The van der Waals surface area contributed by atoms with E-state index in [1.165, 1.54) is 0 Å². The molecule has 0 saturated carbocycles. The van der Waals surface area contributed by atoms with E-state index in [1.807, 2.05) is 38.1 Å². The van der Waals surface area contributed by atoms with Gasteiger partial charge in [-0.25, -0.2) is 0 Å². The van der Waals surface area contributed by atoms with E-state index in [-0.39, 0.29) is 24.3 Å². The van der Waals surface area contributed by atoms with E-state index >= 15 is 0 Å². The van der Waals surface area contributed by atoms with E-state index in [4.69, 9.17) is 16.2 Å². The van der Waals surface area contributed by atoms with Gasteiger partial charge in [-0.05, 0) is 38.1 Å². The lowest BCUT2D eigenvalue weighted by Crippen LogP contribution is -2.21. The summed E-state index contributed by atoms with van der Waals surface area (Å²) in [6, 6.07) is 7.63. The molecule has 0 unspecified atom stereocenters. The molecule has 0 saturated heterocycles. The molecule has 1 rings (SSSR count). The lowest BCUT2D eigenvalue weighted by molar-refractivity contribution is -0.118. The normalized spacial score (nSPS) is 12.5. The van der Waals surface area contributed by atoms with Gasteiger partial charge in [0.2, 0.25) is 5.91 Å². The molecular formula is C13H20N2O2. The molecule has 4 N–H and O–H groups in total. The standard InChI is InChI=1S/C13H20N2O2/c1-9(2)17-12-5-3-10(4-6-12)11(8-14)7-13(15)16/h3-6,9,11H,7-8,14H2,1-2H3,(H2,15,16)/t11-/m1/s1. The summed E-state index contributed by atoms with van der Waals surface area (Å²) in [5, 5.41) is 0. The monoisotopic (exact) mass is 236 g/mol. The van der Waals surface area contributed by atoms with Crippen molar-refractivity contribution in [3.8, 4) is 5.75 Å². The van der Waals surface area contributed by atoms with Gasteiger partial charge in [-0.3, -0.25) is 4.79 Å². The summed E-state index contributed by atoms with van der Waals surface area (Å²) in [6.07, 6.45) is 0.428. The Kier molecular flexibility index (Phi) is 4.97. The van der Waals surface area contributed by atoms with Gasteiger partial charge in [0.1, 0.15) is 5.75 Å². The van der Waals surface area contributed by atoms with Crippen LogP contribution in [0.1, 0.15) is 31.7 Å². The van der Waals surface area contributed by atoms with Crippen LogP contribution < -0.4 is 16.2 Å². The Morgan fingerprint density at radius 2 is 1.88 bits per heavy atom. The number of hydrogen-bond donors (Lipinski definition) is 2. The minimum absolute atomic E-state index is 0.0133. The Bertz CT molecular complexity index is 360. The average molecular weight is 236 g/mol. The lowest BCUT2D eigenvalue weighted by Gasteiger charge is -2.15. The minimum Gasteiger partial charge on any atom is -0.491 e. The Morgan fingerprint density at radius 1 is 1.29 bits per heavy atom. The van der Waals surface area contributed by atoms with Gasteiger partial charge in [-0.1, -0.05) is 12.1 Å². The number of carbonyl (C=O) groups excluding carboxylic acids is 1. The number of rotatable bonds is 6. The topological polar surface area (TPSA) is 78.3 Å². The number of nitrogens with two attached hydrogens (primary N) is 2. The van der Waals surface area contributed by atoms with Gasteiger partial charge in [0.15, 0.2) is 0 Å². The number of benzene rings is 1. The third kappa shape index (κ3) is 4.44. The second-order valence-electron chi connectivity index (χ2n) is 4.34. The molecule has 0 aliphatic rings. The van der Waals surface area contributed by atoms with Gasteiger partial charge in [0.25, 0.3) is 0 Å². The zero-order valence-corrected chi connectivity index (χ0v) is 10.3. The van der Waals surface area contributed by atoms with E-state index in [9.17, 15) is 4.79 Å². The fourth-order valence-corrected chi connectivity index (χ4v) is 1.67. The molecule has 94 valence electrons. The van der Waals surface area contributed by atoms with Crippen molar-refractivity contribution in [2.45, 2.75) is 32.3 Å². The molecule has 0 heterocycles. The number of amides is 1. The van der Waals surface area contributed by atoms with Crippen molar-refractivity contribution in [1.29, 1.82) is 0 Å². The van der Waals surface area contributed by atoms with Crippen LogP contribution in [0.3, 0.4) is 0 Å². The second-order valence-corrected chi connectivity index (χ2v) is 4.34. The van der Waals surface area contributed by atoms with Gasteiger partial charge in [0.05, 0.1) is 6.10 Å². The highest BCUT2D eigenvalue weighted by atomic mass is 16.5. The average Bonchev–Trinajstić information content (AvgIpc) is 2.26. The zero-order chi connectivity index (χ0) is 12.8. The summed E-state index contributed by atoms with van der Waals surface area (Å²) in [7, 11) is 0. The predicted molar refractivity (Wildman–Crippen MR) is 67.8 cm³/mol. The third-order valence-electron chi connectivity index (χ3n) is 2.46. The summed E-state index contributed by atoms with van der Waals surface area (Å²) in [4.78, 5) is 10.9. The molecule has 4 heteroatoms. The van der Waals surface area contributed by atoms with Crippen LogP contribution in [-0.4, -0.2) is 18.6 Å². The SMILES string of the molecule is CC(C)Oc1ccc([C@@H](CN)CC(N)=O)cc1. The lowest BCUT2D eigenvalue weighted by atomic mass is 9.95. The molecule has 0 radical (unpaired) electrons.